The number of nitrogens with one attached hydrogen (secondary N) is 1. The van der Waals surface area contributed by atoms with E-state index >= 15 is 0 Å². The van der Waals surface area contributed by atoms with Crippen LogP contribution in [0.15, 0.2) is 18.2 Å². The average molecular weight is 211 g/mol. The van der Waals surface area contributed by atoms with Crippen LogP contribution in [0.5, 0.6) is 0 Å². The highest BCUT2D eigenvalue weighted by Gasteiger charge is 2.12. The molecular weight excluding hydrogens is 197 g/mol. The van der Waals surface area contributed by atoms with E-state index in [1.807, 2.05) is 6.92 Å². The molecule has 0 aliphatic rings. The zero-order valence-electron chi connectivity index (χ0n) is 8.53. The predicted molar refractivity (Wildman–Crippen MR) is 55.7 cm³/mol. The molecule has 0 aliphatic heterocycles. The molecule has 1 rings (SSSR count). The number of amides is 1. The standard InChI is InChI=1S/C10H14FN3O/c1-2-4-7(12)10(15)14-9-6-3-5-8(11)13-9/h3,5-7H,2,4,12H2,1H3,(H,13,14,15)/t7-/m0/s1. The third-order valence-electron chi connectivity index (χ3n) is 1.90. The van der Waals surface area contributed by atoms with Crippen LogP contribution in [0, 0.1) is 5.95 Å². The average Bonchev–Trinajstić information content (AvgIpc) is 2.18. The van der Waals surface area contributed by atoms with Crippen LogP contribution in [0.4, 0.5) is 10.2 Å². The van der Waals surface area contributed by atoms with Gasteiger partial charge in [0.2, 0.25) is 11.9 Å². The number of nitrogens with zero attached hydrogens (tertiary/aromatic N) is 1. The second-order valence-electron chi connectivity index (χ2n) is 3.23. The summed E-state index contributed by atoms with van der Waals surface area (Å²) in [4.78, 5) is 14.9. The molecule has 1 heterocycles. The first-order chi connectivity index (χ1) is 7.13. The number of aromatic nitrogens is 1. The van der Waals surface area contributed by atoms with E-state index < -0.39 is 12.0 Å². The van der Waals surface area contributed by atoms with E-state index in [0.717, 1.165) is 6.42 Å². The molecule has 5 heteroatoms. The predicted octanol–water partition coefficient (Wildman–Crippen LogP) is 1.29. The van der Waals surface area contributed by atoms with Gasteiger partial charge in [-0.15, -0.1) is 0 Å². The molecule has 82 valence electrons. The number of pyridine rings is 1. The maximum atomic E-state index is 12.7. The molecule has 15 heavy (non-hydrogen) atoms. The summed E-state index contributed by atoms with van der Waals surface area (Å²) < 4.78 is 12.7. The van der Waals surface area contributed by atoms with Gasteiger partial charge in [-0.25, -0.2) is 4.98 Å². The van der Waals surface area contributed by atoms with Crippen molar-refractivity contribution in [1.82, 2.24) is 4.98 Å². The number of carbonyl (C=O) groups excluding carboxylic acids is 1. The lowest BCUT2D eigenvalue weighted by atomic mass is 10.2. The SMILES string of the molecule is CCC[C@H](N)C(=O)Nc1cccc(F)n1. The largest absolute Gasteiger partial charge is 0.320 e. The van der Waals surface area contributed by atoms with E-state index in [1.165, 1.54) is 18.2 Å². The number of halogens is 1. The maximum absolute atomic E-state index is 12.7. The third-order valence-corrected chi connectivity index (χ3v) is 1.90. The molecule has 0 saturated carbocycles. The number of hydrogen-bond acceptors (Lipinski definition) is 3. The first kappa shape index (κ1) is 11.6. The smallest absolute Gasteiger partial charge is 0.242 e. The van der Waals surface area contributed by atoms with Gasteiger partial charge in [-0.3, -0.25) is 4.79 Å². The van der Waals surface area contributed by atoms with Crippen molar-refractivity contribution in [2.45, 2.75) is 25.8 Å². The Morgan fingerprint density at radius 1 is 1.67 bits per heavy atom. The topological polar surface area (TPSA) is 68.0 Å². The number of hydrogen-bond donors (Lipinski definition) is 2. The van der Waals surface area contributed by atoms with E-state index in [9.17, 15) is 9.18 Å². The summed E-state index contributed by atoms with van der Waals surface area (Å²) in [5, 5.41) is 2.45. The molecule has 0 unspecified atom stereocenters. The van der Waals surface area contributed by atoms with Crippen molar-refractivity contribution in [3.05, 3.63) is 24.1 Å². The Balaban J connectivity index is 2.58. The Morgan fingerprint density at radius 2 is 2.40 bits per heavy atom. The fraction of sp³-hybridized carbons (Fsp3) is 0.400. The monoisotopic (exact) mass is 211 g/mol. The molecule has 0 saturated heterocycles. The zero-order chi connectivity index (χ0) is 11.3. The van der Waals surface area contributed by atoms with Gasteiger partial charge < -0.3 is 11.1 Å². The molecular formula is C10H14FN3O. The van der Waals surface area contributed by atoms with Crippen molar-refractivity contribution in [1.29, 1.82) is 0 Å². The summed E-state index contributed by atoms with van der Waals surface area (Å²) in [5.74, 6) is -0.779. The van der Waals surface area contributed by atoms with Crippen LogP contribution in [0.3, 0.4) is 0 Å². The molecule has 1 aromatic rings. The lowest BCUT2D eigenvalue weighted by Crippen LogP contribution is -2.35. The Kier molecular flexibility index (Phi) is 4.17. The van der Waals surface area contributed by atoms with Crippen molar-refractivity contribution >= 4 is 11.7 Å². The summed E-state index contributed by atoms with van der Waals surface area (Å²) in [6.07, 6.45) is 1.42. The lowest BCUT2D eigenvalue weighted by Gasteiger charge is -2.10. The third kappa shape index (κ3) is 3.63. The van der Waals surface area contributed by atoms with Gasteiger partial charge in [-0.2, -0.15) is 4.39 Å². The number of anilines is 1. The Bertz CT molecular complexity index is 343. The van der Waals surface area contributed by atoms with Crippen LogP contribution >= 0.6 is 0 Å². The molecule has 1 aromatic heterocycles. The minimum Gasteiger partial charge on any atom is -0.320 e. The molecule has 0 radical (unpaired) electrons. The fourth-order valence-corrected chi connectivity index (χ4v) is 1.14. The maximum Gasteiger partial charge on any atom is 0.242 e. The molecule has 1 atom stereocenters. The number of rotatable bonds is 4. The Morgan fingerprint density at radius 3 is 3.00 bits per heavy atom. The van der Waals surface area contributed by atoms with E-state index in [-0.39, 0.29) is 11.7 Å². The molecule has 0 bridgehead atoms. The van der Waals surface area contributed by atoms with Crippen molar-refractivity contribution < 1.29 is 9.18 Å². The highest BCUT2D eigenvalue weighted by atomic mass is 19.1. The van der Waals surface area contributed by atoms with Crippen LogP contribution < -0.4 is 11.1 Å². The molecule has 0 spiro atoms. The van der Waals surface area contributed by atoms with Gasteiger partial charge in [0.25, 0.3) is 0 Å². The molecule has 4 nitrogen and oxygen atoms in total. The van der Waals surface area contributed by atoms with Gasteiger partial charge in [0.05, 0.1) is 6.04 Å². The van der Waals surface area contributed by atoms with E-state index in [1.54, 1.807) is 0 Å². The summed E-state index contributed by atoms with van der Waals surface area (Å²) in [7, 11) is 0. The molecule has 0 fully saturated rings. The van der Waals surface area contributed by atoms with Gasteiger partial charge in [0.15, 0.2) is 0 Å². The quantitative estimate of drug-likeness (QED) is 0.737. The summed E-state index contributed by atoms with van der Waals surface area (Å²) in [6.45, 7) is 1.94. The Labute approximate surface area is 87.7 Å². The normalized spacial score (nSPS) is 12.2. The lowest BCUT2D eigenvalue weighted by molar-refractivity contribution is -0.117. The first-order valence-electron chi connectivity index (χ1n) is 4.82. The number of carbonyl (C=O) groups is 1. The fourth-order valence-electron chi connectivity index (χ4n) is 1.14. The minimum atomic E-state index is -0.628. The Hall–Kier alpha value is -1.49. The van der Waals surface area contributed by atoms with Crippen LogP contribution in [0.2, 0.25) is 0 Å². The highest BCUT2D eigenvalue weighted by Crippen LogP contribution is 2.04. The molecule has 1 amide bonds. The summed E-state index contributed by atoms with van der Waals surface area (Å²) in [5.41, 5.74) is 5.58. The van der Waals surface area contributed by atoms with Crippen LogP contribution in [-0.4, -0.2) is 16.9 Å². The van der Waals surface area contributed by atoms with Crippen LogP contribution in [-0.2, 0) is 4.79 Å². The zero-order valence-corrected chi connectivity index (χ0v) is 8.53. The van der Waals surface area contributed by atoms with Gasteiger partial charge in [0, 0.05) is 0 Å². The van der Waals surface area contributed by atoms with Crippen molar-refractivity contribution in [2.75, 3.05) is 5.32 Å². The van der Waals surface area contributed by atoms with Crippen LogP contribution in [0.1, 0.15) is 19.8 Å². The van der Waals surface area contributed by atoms with Gasteiger partial charge in [0.1, 0.15) is 5.82 Å². The van der Waals surface area contributed by atoms with Crippen LogP contribution in [0.25, 0.3) is 0 Å². The van der Waals surface area contributed by atoms with Gasteiger partial charge >= 0.3 is 0 Å². The summed E-state index contributed by atoms with van der Waals surface area (Å²) >= 11 is 0. The minimum absolute atomic E-state index is 0.187. The van der Waals surface area contributed by atoms with Gasteiger partial charge in [-0.05, 0) is 18.6 Å². The van der Waals surface area contributed by atoms with E-state index in [4.69, 9.17) is 5.73 Å². The van der Waals surface area contributed by atoms with E-state index in [2.05, 4.69) is 10.3 Å². The molecule has 3 N–H and O–H groups in total. The van der Waals surface area contributed by atoms with Crippen molar-refractivity contribution in [3.63, 3.8) is 0 Å². The molecule has 0 aliphatic carbocycles. The summed E-state index contributed by atoms with van der Waals surface area (Å²) in [6, 6.07) is 3.63. The van der Waals surface area contributed by atoms with Crippen molar-refractivity contribution in [2.24, 2.45) is 5.73 Å². The molecule has 0 aromatic carbocycles. The second kappa shape index (κ2) is 5.41. The highest BCUT2D eigenvalue weighted by molar-refractivity contribution is 5.93. The van der Waals surface area contributed by atoms with Crippen molar-refractivity contribution in [3.8, 4) is 0 Å². The second-order valence-corrected chi connectivity index (χ2v) is 3.23. The van der Waals surface area contributed by atoms with E-state index in [0.29, 0.717) is 6.42 Å². The van der Waals surface area contributed by atoms with Gasteiger partial charge in [-0.1, -0.05) is 19.4 Å². The number of nitrogens with two attached hydrogens (primary N) is 1. The first-order valence-corrected chi connectivity index (χ1v) is 4.82.